The van der Waals surface area contributed by atoms with E-state index in [0.29, 0.717) is 0 Å². The van der Waals surface area contributed by atoms with Crippen LogP contribution in [0.5, 0.6) is 0 Å². The van der Waals surface area contributed by atoms with Gasteiger partial charge in [-0.05, 0) is 19.3 Å². The number of imide groups is 1. The van der Waals surface area contributed by atoms with Crippen molar-refractivity contribution in [2.24, 2.45) is 0 Å². The van der Waals surface area contributed by atoms with E-state index in [2.05, 4.69) is 5.32 Å². The second-order valence-corrected chi connectivity index (χ2v) is 3.48. The predicted octanol–water partition coefficient (Wildman–Crippen LogP) is -0.548. The predicted molar refractivity (Wildman–Crippen MR) is 43.9 cm³/mol. The fourth-order valence-electron chi connectivity index (χ4n) is 1.66. The fourth-order valence-corrected chi connectivity index (χ4v) is 1.66. The molecule has 1 saturated heterocycles. The van der Waals surface area contributed by atoms with Crippen LogP contribution in [0.3, 0.4) is 0 Å². The summed E-state index contributed by atoms with van der Waals surface area (Å²) in [6, 6.07) is -0.995. The number of nitrogens with zero attached hydrogens (tertiary/aromatic N) is 1. The van der Waals surface area contributed by atoms with Crippen LogP contribution in [0.1, 0.15) is 19.3 Å². The summed E-state index contributed by atoms with van der Waals surface area (Å²) >= 11 is 0. The number of amides is 3. The molecule has 0 aromatic heterocycles. The van der Waals surface area contributed by atoms with Gasteiger partial charge < -0.3 is 10.4 Å². The number of aliphatic hydroxyl groups excluding tert-OH is 1. The summed E-state index contributed by atoms with van der Waals surface area (Å²) in [5.41, 5.74) is 0. The first-order valence-electron chi connectivity index (χ1n) is 4.48. The highest BCUT2D eigenvalue weighted by Crippen LogP contribution is 2.27. The van der Waals surface area contributed by atoms with Gasteiger partial charge in [0, 0.05) is 6.04 Å². The van der Waals surface area contributed by atoms with Crippen molar-refractivity contribution in [3.8, 4) is 0 Å². The smallest absolute Gasteiger partial charge is 0.325 e. The molecule has 5 nitrogen and oxygen atoms in total. The Kier molecular flexibility index (Phi) is 1.95. The van der Waals surface area contributed by atoms with Crippen molar-refractivity contribution < 1.29 is 14.7 Å². The molecule has 2 aliphatic rings. The Hall–Kier alpha value is -1.10. The lowest BCUT2D eigenvalue weighted by Crippen LogP contribution is -2.44. The van der Waals surface area contributed by atoms with E-state index in [1.54, 1.807) is 0 Å². The molecule has 1 heterocycles. The van der Waals surface area contributed by atoms with Gasteiger partial charge in [-0.15, -0.1) is 0 Å². The van der Waals surface area contributed by atoms with Crippen LogP contribution in [0, 0.1) is 0 Å². The van der Waals surface area contributed by atoms with Crippen molar-refractivity contribution in [1.82, 2.24) is 10.2 Å². The van der Waals surface area contributed by atoms with Gasteiger partial charge in [0.2, 0.25) is 0 Å². The minimum absolute atomic E-state index is 0.0732. The second-order valence-electron chi connectivity index (χ2n) is 3.48. The number of nitrogens with one attached hydrogen (secondary N) is 1. The average Bonchev–Trinajstić information content (AvgIpc) is 2.29. The number of carbonyl (C=O) groups excluding carboxylic acids is 2. The quantitative estimate of drug-likeness (QED) is 0.566. The lowest BCUT2D eigenvalue weighted by molar-refractivity contribution is -0.130. The zero-order valence-corrected chi connectivity index (χ0v) is 7.19. The van der Waals surface area contributed by atoms with Crippen LogP contribution >= 0.6 is 0 Å². The molecular weight excluding hydrogens is 172 g/mol. The highest BCUT2D eigenvalue weighted by atomic mass is 16.3. The normalized spacial score (nSPS) is 29.0. The largest absolute Gasteiger partial charge is 0.394 e. The topological polar surface area (TPSA) is 69.6 Å². The Morgan fingerprint density at radius 1 is 1.46 bits per heavy atom. The maximum absolute atomic E-state index is 11.5. The molecule has 1 unspecified atom stereocenters. The number of urea groups is 1. The van der Waals surface area contributed by atoms with Crippen molar-refractivity contribution in [1.29, 1.82) is 0 Å². The van der Waals surface area contributed by atoms with Crippen LogP contribution in [0.2, 0.25) is 0 Å². The molecule has 3 amide bonds. The van der Waals surface area contributed by atoms with Crippen molar-refractivity contribution >= 4 is 11.9 Å². The van der Waals surface area contributed by atoms with Gasteiger partial charge in [0.15, 0.2) is 0 Å². The van der Waals surface area contributed by atoms with Crippen LogP contribution in [0.25, 0.3) is 0 Å². The monoisotopic (exact) mass is 184 g/mol. The van der Waals surface area contributed by atoms with Crippen LogP contribution in [0.15, 0.2) is 0 Å². The van der Waals surface area contributed by atoms with Crippen molar-refractivity contribution in [2.45, 2.75) is 31.3 Å². The zero-order chi connectivity index (χ0) is 9.42. The molecule has 0 radical (unpaired) electrons. The third kappa shape index (κ3) is 1.19. The molecule has 1 aliphatic heterocycles. The molecule has 0 spiro atoms. The highest BCUT2D eigenvalue weighted by Gasteiger charge is 2.43. The minimum Gasteiger partial charge on any atom is -0.394 e. The van der Waals surface area contributed by atoms with Crippen LogP contribution < -0.4 is 5.32 Å². The molecule has 2 rings (SSSR count). The van der Waals surface area contributed by atoms with Gasteiger partial charge in [-0.2, -0.15) is 0 Å². The third-order valence-corrected chi connectivity index (χ3v) is 2.67. The molecule has 2 N–H and O–H groups in total. The van der Waals surface area contributed by atoms with Crippen molar-refractivity contribution in [3.63, 3.8) is 0 Å². The summed E-state index contributed by atoms with van der Waals surface area (Å²) in [6.07, 6.45) is 2.88. The number of hydrogen-bond acceptors (Lipinski definition) is 3. The van der Waals surface area contributed by atoms with E-state index in [1.165, 1.54) is 4.90 Å². The van der Waals surface area contributed by atoms with Gasteiger partial charge in [0.05, 0.1) is 6.61 Å². The summed E-state index contributed by atoms with van der Waals surface area (Å²) in [4.78, 5) is 24.0. The van der Waals surface area contributed by atoms with E-state index in [0.717, 1.165) is 19.3 Å². The fraction of sp³-hybridized carbons (Fsp3) is 0.750. The van der Waals surface area contributed by atoms with Crippen LogP contribution in [-0.2, 0) is 4.79 Å². The molecular formula is C8H12N2O3. The summed E-state index contributed by atoms with van der Waals surface area (Å²) in [5.74, 6) is -0.280. The maximum atomic E-state index is 11.5. The Morgan fingerprint density at radius 3 is 2.54 bits per heavy atom. The first kappa shape index (κ1) is 8.50. The van der Waals surface area contributed by atoms with Gasteiger partial charge >= 0.3 is 6.03 Å². The Labute approximate surface area is 75.7 Å². The van der Waals surface area contributed by atoms with Crippen molar-refractivity contribution in [3.05, 3.63) is 0 Å². The lowest BCUT2D eigenvalue weighted by atomic mass is 9.92. The lowest BCUT2D eigenvalue weighted by Gasteiger charge is -2.32. The minimum atomic E-state index is -0.715. The summed E-state index contributed by atoms with van der Waals surface area (Å²) in [6.45, 7) is -0.312. The Balaban J connectivity index is 2.09. The van der Waals surface area contributed by atoms with Crippen LogP contribution in [-0.4, -0.2) is 40.6 Å². The van der Waals surface area contributed by atoms with E-state index < -0.39 is 6.04 Å². The SMILES string of the molecule is O=C1NC(CO)C(=O)N1C1CCC1. The molecule has 13 heavy (non-hydrogen) atoms. The summed E-state index contributed by atoms with van der Waals surface area (Å²) in [5, 5.41) is 11.2. The molecule has 2 fully saturated rings. The molecule has 5 heteroatoms. The van der Waals surface area contributed by atoms with E-state index in [1.807, 2.05) is 0 Å². The number of rotatable bonds is 2. The Morgan fingerprint density at radius 2 is 2.15 bits per heavy atom. The third-order valence-electron chi connectivity index (χ3n) is 2.67. The van der Waals surface area contributed by atoms with E-state index in [9.17, 15) is 9.59 Å². The number of hydrogen-bond donors (Lipinski definition) is 2. The molecule has 1 saturated carbocycles. The Bertz CT molecular complexity index is 250. The standard InChI is InChI=1S/C8H12N2O3/c11-4-6-7(12)10(8(13)9-6)5-2-1-3-5/h5-6,11H,1-4H2,(H,9,13). The number of carbonyl (C=O) groups is 2. The summed E-state index contributed by atoms with van der Waals surface area (Å²) < 4.78 is 0. The van der Waals surface area contributed by atoms with Crippen LogP contribution in [0.4, 0.5) is 4.79 Å². The first-order chi connectivity index (χ1) is 6.24. The molecule has 0 aromatic rings. The van der Waals surface area contributed by atoms with Crippen molar-refractivity contribution in [2.75, 3.05) is 6.61 Å². The second kappa shape index (κ2) is 2.99. The zero-order valence-electron chi connectivity index (χ0n) is 7.19. The van der Waals surface area contributed by atoms with E-state index in [-0.39, 0.29) is 24.6 Å². The molecule has 1 aliphatic carbocycles. The molecule has 0 aromatic carbocycles. The van der Waals surface area contributed by atoms with Gasteiger partial charge in [0.1, 0.15) is 6.04 Å². The van der Waals surface area contributed by atoms with Gasteiger partial charge in [-0.1, -0.05) is 0 Å². The first-order valence-corrected chi connectivity index (χ1v) is 4.48. The molecule has 0 bridgehead atoms. The maximum Gasteiger partial charge on any atom is 0.325 e. The van der Waals surface area contributed by atoms with E-state index in [4.69, 9.17) is 5.11 Å². The molecule has 1 atom stereocenters. The van der Waals surface area contributed by atoms with Gasteiger partial charge in [-0.25, -0.2) is 4.79 Å². The molecule has 72 valence electrons. The highest BCUT2D eigenvalue weighted by molar-refractivity contribution is 6.04. The van der Waals surface area contributed by atoms with Gasteiger partial charge in [-0.3, -0.25) is 9.69 Å². The number of aliphatic hydroxyl groups is 1. The van der Waals surface area contributed by atoms with E-state index >= 15 is 0 Å². The average molecular weight is 184 g/mol. The summed E-state index contributed by atoms with van der Waals surface area (Å²) in [7, 11) is 0. The van der Waals surface area contributed by atoms with Gasteiger partial charge in [0.25, 0.3) is 5.91 Å².